The van der Waals surface area contributed by atoms with Crippen molar-refractivity contribution in [3.63, 3.8) is 0 Å². The van der Waals surface area contributed by atoms with Crippen LogP contribution < -0.4 is 4.89 Å². The predicted octanol–water partition coefficient (Wildman–Crippen LogP) is -0.203. The molecule has 2 N–H and O–H groups in total. The molecule has 6 nitrogen and oxygen atoms in total. The molecule has 0 amide bonds. The van der Waals surface area contributed by atoms with Crippen LogP contribution in [0.25, 0.3) is 0 Å². The van der Waals surface area contributed by atoms with E-state index in [0.29, 0.717) is 0 Å². The van der Waals surface area contributed by atoms with Gasteiger partial charge in [0.15, 0.2) is 0 Å². The summed E-state index contributed by atoms with van der Waals surface area (Å²) in [4.78, 5) is 31.5. The number of rotatable bonds is 5. The molecule has 0 aliphatic carbocycles. The van der Waals surface area contributed by atoms with Crippen LogP contribution in [0.2, 0.25) is 0 Å². The maximum atomic E-state index is 10.6. The third kappa shape index (κ3) is 2.47. The zero-order chi connectivity index (χ0) is 10.6. The Balaban J connectivity index is 4.98. The smallest absolute Gasteiger partial charge is 0.359 e. The van der Waals surface area contributed by atoms with Crippen molar-refractivity contribution >= 4 is 20.0 Å². The molecule has 74 valence electrons. The third-order valence-corrected chi connectivity index (χ3v) is 3.14. The maximum Gasteiger partial charge on any atom is 0.359 e. The third-order valence-electron chi connectivity index (χ3n) is 1.78. The lowest BCUT2D eigenvalue weighted by atomic mass is 10.0. The van der Waals surface area contributed by atoms with Gasteiger partial charge in [-0.05, 0) is 0 Å². The van der Waals surface area contributed by atoms with E-state index in [1.54, 1.807) is 0 Å². The van der Waals surface area contributed by atoms with Crippen molar-refractivity contribution in [2.24, 2.45) is 0 Å². The summed E-state index contributed by atoms with van der Waals surface area (Å²) in [7, 11) is -3.30. The molecule has 2 atom stereocenters. The van der Waals surface area contributed by atoms with Gasteiger partial charge in [-0.25, -0.2) is 4.79 Å². The first-order valence-electron chi connectivity index (χ1n) is 3.46. The van der Waals surface area contributed by atoms with Crippen molar-refractivity contribution in [1.82, 2.24) is 0 Å². The Morgan fingerprint density at radius 3 is 2.00 bits per heavy atom. The van der Waals surface area contributed by atoms with Crippen LogP contribution in [0.4, 0.5) is 0 Å². The van der Waals surface area contributed by atoms with E-state index in [9.17, 15) is 19.0 Å². The monoisotopic (exact) mass is 208 g/mol. The van der Waals surface area contributed by atoms with Crippen molar-refractivity contribution in [2.45, 2.75) is 24.9 Å². The van der Waals surface area contributed by atoms with E-state index in [0.717, 1.165) is 0 Å². The molecule has 13 heavy (non-hydrogen) atoms. The van der Waals surface area contributed by atoms with E-state index in [1.807, 2.05) is 0 Å². The molecule has 0 bridgehead atoms. The van der Waals surface area contributed by atoms with Crippen LogP contribution in [0.3, 0.4) is 0 Å². The molecule has 0 spiro atoms. The van der Waals surface area contributed by atoms with Crippen LogP contribution in [-0.4, -0.2) is 27.3 Å². The average Bonchev–Trinajstić information content (AvgIpc) is 1.98. The minimum atomic E-state index is -3.30. The second-order valence-electron chi connectivity index (χ2n) is 2.52. The molecule has 0 aliphatic rings. The van der Waals surface area contributed by atoms with Gasteiger partial charge in [-0.2, -0.15) is 0 Å². The molecule has 0 aromatic heterocycles. The molecule has 0 rings (SSSR count). The topological polar surface area (TPSA) is 115 Å². The van der Waals surface area contributed by atoms with Gasteiger partial charge in [0.1, 0.15) is 6.42 Å². The lowest BCUT2D eigenvalue weighted by Gasteiger charge is -2.16. The largest absolute Gasteiger partial charge is 0.595 e. The van der Waals surface area contributed by atoms with Crippen molar-refractivity contribution in [3.05, 3.63) is 0 Å². The Morgan fingerprint density at radius 1 is 1.46 bits per heavy atom. The number of carboxylic acid groups (broad SMARTS) is 2. The standard InChI is InChI=1S/C6H9O6P/c1-2-6(5(9)10,13(11)12)3-4(7)8/h2-3H2,1H3,(H,7,8)(H,9,10). The van der Waals surface area contributed by atoms with Crippen LogP contribution in [-0.2, 0) is 14.2 Å². The number of carbonyl (C=O) groups is 2. The van der Waals surface area contributed by atoms with Gasteiger partial charge >= 0.3 is 20.0 Å². The summed E-state index contributed by atoms with van der Waals surface area (Å²) in [5, 5.41) is 14.8. The van der Waals surface area contributed by atoms with E-state index in [1.165, 1.54) is 6.92 Å². The lowest BCUT2D eigenvalue weighted by Crippen LogP contribution is -2.39. The number of hydrogen-bond acceptors (Lipinski definition) is 4. The molecule has 0 saturated heterocycles. The highest BCUT2D eigenvalue weighted by Gasteiger charge is 2.51. The minimum Gasteiger partial charge on any atom is -0.595 e. The number of hydrogen-bond donors (Lipinski definition) is 2. The summed E-state index contributed by atoms with van der Waals surface area (Å²) in [5.41, 5.74) is 0. The Kier molecular flexibility index (Phi) is 3.97. The number of aliphatic carboxylic acids is 2. The van der Waals surface area contributed by atoms with Crippen LogP contribution in [0.5, 0.6) is 0 Å². The van der Waals surface area contributed by atoms with Crippen molar-refractivity contribution in [3.8, 4) is 0 Å². The Bertz CT molecular complexity index is 234. The maximum absolute atomic E-state index is 10.6. The molecule has 0 saturated carbocycles. The first-order chi connectivity index (χ1) is 5.86. The zero-order valence-corrected chi connectivity index (χ0v) is 7.78. The van der Waals surface area contributed by atoms with Gasteiger partial charge in [-0.1, -0.05) is 11.5 Å². The Labute approximate surface area is 75.1 Å². The second-order valence-corrected chi connectivity index (χ2v) is 3.89. The highest BCUT2D eigenvalue weighted by molar-refractivity contribution is 7.40. The summed E-state index contributed by atoms with van der Waals surface area (Å²) >= 11 is 0. The van der Waals surface area contributed by atoms with Crippen LogP contribution in [0, 0.1) is 0 Å². The average molecular weight is 208 g/mol. The molecular weight excluding hydrogens is 199 g/mol. The van der Waals surface area contributed by atoms with E-state index >= 15 is 0 Å². The fraction of sp³-hybridized carbons (Fsp3) is 0.667. The van der Waals surface area contributed by atoms with Crippen molar-refractivity contribution in [2.75, 3.05) is 0 Å². The first kappa shape index (κ1) is 12.0. The summed E-state index contributed by atoms with van der Waals surface area (Å²) in [6.07, 6.45) is -1.16. The molecule has 7 heteroatoms. The van der Waals surface area contributed by atoms with Crippen LogP contribution in [0.15, 0.2) is 0 Å². The highest BCUT2D eigenvalue weighted by atomic mass is 31.1. The predicted molar refractivity (Wildman–Crippen MR) is 40.5 cm³/mol. The van der Waals surface area contributed by atoms with Gasteiger partial charge < -0.3 is 15.1 Å². The van der Waals surface area contributed by atoms with Gasteiger partial charge in [0.05, 0.1) is 0 Å². The Hall–Kier alpha value is -1.00. The van der Waals surface area contributed by atoms with Crippen molar-refractivity contribution in [1.29, 1.82) is 0 Å². The van der Waals surface area contributed by atoms with Crippen molar-refractivity contribution < 1.29 is 29.3 Å². The first-order valence-corrected chi connectivity index (χ1v) is 4.64. The second kappa shape index (κ2) is 4.30. The summed E-state index contributed by atoms with van der Waals surface area (Å²) < 4.78 is 10.6. The molecule has 0 aliphatic heterocycles. The van der Waals surface area contributed by atoms with Gasteiger partial charge in [-0.15, -0.1) is 0 Å². The van der Waals surface area contributed by atoms with Gasteiger partial charge in [0, 0.05) is 6.42 Å². The SMILES string of the molecule is CCC(CC(=O)O)(C(=O)O)[P+](=O)[O-]. The molecular formula is C6H9O6P. The fourth-order valence-electron chi connectivity index (χ4n) is 0.874. The normalized spacial score (nSPS) is 16.0. The van der Waals surface area contributed by atoms with E-state index in [2.05, 4.69) is 0 Å². The summed E-state index contributed by atoms with van der Waals surface area (Å²) in [6.45, 7) is 1.32. The molecule has 0 radical (unpaired) electrons. The van der Waals surface area contributed by atoms with Gasteiger partial charge in [0.2, 0.25) is 0 Å². The minimum absolute atomic E-state index is 0.257. The van der Waals surface area contributed by atoms with E-state index in [-0.39, 0.29) is 6.42 Å². The molecule has 0 heterocycles. The molecule has 0 aromatic rings. The van der Waals surface area contributed by atoms with Crippen LogP contribution >= 0.6 is 8.03 Å². The van der Waals surface area contributed by atoms with Gasteiger partial charge in [0.25, 0.3) is 5.16 Å². The van der Waals surface area contributed by atoms with Gasteiger partial charge in [-0.3, -0.25) is 4.79 Å². The highest BCUT2D eigenvalue weighted by Crippen LogP contribution is 2.38. The summed E-state index contributed by atoms with van der Waals surface area (Å²) in [5.74, 6) is -3.06. The quantitative estimate of drug-likeness (QED) is 0.604. The fourth-order valence-corrected chi connectivity index (χ4v) is 1.55. The number of carboxylic acids is 2. The van der Waals surface area contributed by atoms with Crippen LogP contribution in [0.1, 0.15) is 19.8 Å². The molecule has 2 unspecified atom stereocenters. The zero-order valence-electron chi connectivity index (χ0n) is 6.89. The molecule has 0 fully saturated rings. The Morgan fingerprint density at radius 2 is 1.92 bits per heavy atom. The molecule has 0 aromatic carbocycles. The van der Waals surface area contributed by atoms with E-state index in [4.69, 9.17) is 10.2 Å². The lowest BCUT2D eigenvalue weighted by molar-refractivity contribution is -0.175. The van der Waals surface area contributed by atoms with E-state index < -0.39 is 31.5 Å². The summed E-state index contributed by atoms with van der Waals surface area (Å²) in [6, 6.07) is 0.